The van der Waals surface area contributed by atoms with Crippen molar-refractivity contribution in [2.75, 3.05) is 13.1 Å². The molecule has 1 aliphatic rings. The minimum absolute atomic E-state index is 0. The first kappa shape index (κ1) is 21.3. The average Bonchev–Trinajstić information content (AvgIpc) is 2.48. The van der Waals surface area contributed by atoms with E-state index >= 15 is 0 Å². The third kappa shape index (κ3) is 6.55. The number of aliphatic carboxylic acids is 1. The van der Waals surface area contributed by atoms with Gasteiger partial charge in [-0.15, -0.1) is 12.4 Å². The van der Waals surface area contributed by atoms with Crippen LogP contribution in [-0.4, -0.2) is 46.8 Å². The van der Waals surface area contributed by atoms with E-state index in [0.29, 0.717) is 25.9 Å². The maximum Gasteiger partial charge on any atom is 0.407 e. The highest BCUT2D eigenvalue weighted by Crippen LogP contribution is 2.25. The molecule has 2 rings (SSSR count). The molecule has 1 amide bonds. The fourth-order valence-electron chi connectivity index (χ4n) is 2.92. The number of benzene rings is 1. The molecule has 1 aliphatic heterocycles. The predicted octanol–water partition coefficient (Wildman–Crippen LogP) is 3.22. The summed E-state index contributed by atoms with van der Waals surface area (Å²) in [5.74, 6) is -0.847. The van der Waals surface area contributed by atoms with E-state index in [1.54, 1.807) is 0 Å². The van der Waals surface area contributed by atoms with E-state index in [4.69, 9.17) is 4.74 Å². The molecule has 0 aromatic heterocycles. The molecule has 140 valence electrons. The van der Waals surface area contributed by atoms with Crippen LogP contribution in [0.1, 0.15) is 45.2 Å². The molecule has 1 heterocycles. The number of carbonyl (C=O) groups excluding carboxylic acids is 1. The van der Waals surface area contributed by atoms with E-state index in [0.717, 1.165) is 5.56 Å². The molecule has 0 bridgehead atoms. The van der Waals surface area contributed by atoms with Crippen molar-refractivity contribution in [2.45, 2.75) is 51.3 Å². The summed E-state index contributed by atoms with van der Waals surface area (Å²) < 4.78 is 5.26. The van der Waals surface area contributed by atoms with Gasteiger partial charge in [-0.2, -0.15) is 0 Å². The van der Waals surface area contributed by atoms with Crippen LogP contribution in [0.15, 0.2) is 30.3 Å². The number of halogens is 1. The Labute approximate surface area is 154 Å². The highest BCUT2D eigenvalue weighted by molar-refractivity contribution is 5.85. The van der Waals surface area contributed by atoms with Gasteiger partial charge in [0.15, 0.2) is 0 Å². The number of rotatable bonds is 4. The Kier molecular flexibility index (Phi) is 7.70. The van der Waals surface area contributed by atoms with Crippen LogP contribution in [0.25, 0.3) is 0 Å². The van der Waals surface area contributed by atoms with E-state index in [2.05, 4.69) is 5.32 Å². The summed E-state index contributed by atoms with van der Waals surface area (Å²) in [6.07, 6.45) is 0.991. The van der Waals surface area contributed by atoms with E-state index in [9.17, 15) is 14.7 Å². The smallest absolute Gasteiger partial charge is 0.407 e. The molecule has 6 nitrogen and oxygen atoms in total. The van der Waals surface area contributed by atoms with Gasteiger partial charge in [-0.05, 0) is 39.2 Å². The minimum Gasteiger partial charge on any atom is -0.480 e. The van der Waals surface area contributed by atoms with Crippen molar-refractivity contribution < 1.29 is 19.4 Å². The van der Waals surface area contributed by atoms with Gasteiger partial charge in [-0.1, -0.05) is 30.3 Å². The number of hydrogen-bond donors (Lipinski definition) is 2. The number of carbonyl (C=O) groups is 2. The summed E-state index contributed by atoms with van der Waals surface area (Å²) in [5, 5.41) is 12.5. The molecule has 1 aromatic carbocycles. The van der Waals surface area contributed by atoms with Crippen LogP contribution in [-0.2, 0) is 9.53 Å². The second-order valence-corrected chi connectivity index (χ2v) is 7.11. The molecule has 0 aliphatic carbocycles. The number of carboxylic acid groups (broad SMARTS) is 1. The lowest BCUT2D eigenvalue weighted by atomic mass is 9.99. The standard InChI is InChI=1S/C18H26N2O4.ClH/c1-18(2,3)24-17(23)19-14-9-11-20(12-10-14)15(16(21)22)13-7-5-4-6-8-13;/h4-8,14-15H,9-12H2,1-3H3,(H,19,23)(H,21,22);1H. The number of nitrogens with one attached hydrogen (secondary N) is 1. The molecule has 1 unspecified atom stereocenters. The van der Waals surface area contributed by atoms with E-state index < -0.39 is 23.7 Å². The highest BCUT2D eigenvalue weighted by atomic mass is 35.5. The molecule has 7 heteroatoms. The van der Waals surface area contributed by atoms with Crippen molar-refractivity contribution in [1.82, 2.24) is 10.2 Å². The number of amides is 1. The first-order chi connectivity index (χ1) is 11.3. The number of carboxylic acids is 1. The van der Waals surface area contributed by atoms with Gasteiger partial charge in [0, 0.05) is 19.1 Å². The molecule has 1 atom stereocenters. The van der Waals surface area contributed by atoms with Gasteiger partial charge in [0.25, 0.3) is 0 Å². The van der Waals surface area contributed by atoms with Gasteiger partial charge in [0.05, 0.1) is 0 Å². The van der Waals surface area contributed by atoms with Crippen LogP contribution < -0.4 is 5.32 Å². The Morgan fingerprint density at radius 2 is 1.76 bits per heavy atom. The zero-order chi connectivity index (χ0) is 17.7. The van der Waals surface area contributed by atoms with Crippen molar-refractivity contribution in [3.05, 3.63) is 35.9 Å². The summed E-state index contributed by atoms with van der Waals surface area (Å²) in [4.78, 5) is 25.5. The molecule has 1 saturated heterocycles. The molecule has 1 aromatic rings. The quantitative estimate of drug-likeness (QED) is 0.850. The maximum absolute atomic E-state index is 11.8. The summed E-state index contributed by atoms with van der Waals surface area (Å²) in [7, 11) is 0. The largest absolute Gasteiger partial charge is 0.480 e. The number of hydrogen-bond acceptors (Lipinski definition) is 4. The van der Waals surface area contributed by atoms with Crippen molar-refractivity contribution in [3.8, 4) is 0 Å². The first-order valence-corrected chi connectivity index (χ1v) is 8.27. The molecule has 0 spiro atoms. The SMILES string of the molecule is CC(C)(C)OC(=O)NC1CCN(C(C(=O)O)c2ccccc2)CC1.Cl. The first-order valence-electron chi connectivity index (χ1n) is 8.27. The van der Waals surface area contributed by atoms with Crippen LogP contribution in [0.5, 0.6) is 0 Å². The lowest BCUT2D eigenvalue weighted by Crippen LogP contribution is -2.48. The number of nitrogens with zero attached hydrogens (tertiary/aromatic N) is 1. The zero-order valence-corrected chi connectivity index (χ0v) is 15.7. The number of piperidine rings is 1. The number of ether oxygens (including phenoxy) is 1. The van der Waals surface area contributed by atoms with Gasteiger partial charge in [-0.25, -0.2) is 4.79 Å². The monoisotopic (exact) mass is 370 g/mol. The molecule has 0 radical (unpaired) electrons. The fourth-order valence-corrected chi connectivity index (χ4v) is 2.92. The molecule has 2 N–H and O–H groups in total. The number of alkyl carbamates (subject to hydrolysis) is 1. The molecule has 0 saturated carbocycles. The van der Waals surface area contributed by atoms with E-state index in [1.165, 1.54) is 0 Å². The molecular formula is C18H27ClN2O4. The van der Waals surface area contributed by atoms with Crippen LogP contribution in [0.3, 0.4) is 0 Å². The van der Waals surface area contributed by atoms with E-state index in [-0.39, 0.29) is 18.4 Å². The third-order valence-corrected chi connectivity index (χ3v) is 3.96. The summed E-state index contributed by atoms with van der Waals surface area (Å²) >= 11 is 0. The summed E-state index contributed by atoms with van der Waals surface area (Å²) in [6, 6.07) is 8.62. The number of likely N-dealkylation sites (tertiary alicyclic amines) is 1. The topological polar surface area (TPSA) is 78.9 Å². The zero-order valence-electron chi connectivity index (χ0n) is 14.9. The van der Waals surface area contributed by atoms with Gasteiger partial charge in [0.2, 0.25) is 0 Å². The maximum atomic E-state index is 11.8. The average molecular weight is 371 g/mol. The Balaban J connectivity index is 0.00000312. The van der Waals surface area contributed by atoms with Crippen LogP contribution in [0.4, 0.5) is 4.79 Å². The highest BCUT2D eigenvalue weighted by Gasteiger charge is 2.31. The molecule has 1 fully saturated rings. The van der Waals surface area contributed by atoms with Crippen LogP contribution >= 0.6 is 12.4 Å². The second kappa shape index (κ2) is 9.06. The second-order valence-electron chi connectivity index (χ2n) is 7.11. The minimum atomic E-state index is -0.847. The molecule has 25 heavy (non-hydrogen) atoms. The van der Waals surface area contributed by atoms with E-state index in [1.807, 2.05) is 56.0 Å². The predicted molar refractivity (Wildman–Crippen MR) is 98.0 cm³/mol. The van der Waals surface area contributed by atoms with Gasteiger partial charge in [-0.3, -0.25) is 9.69 Å². The Bertz CT molecular complexity index is 566. The normalized spacial score (nSPS) is 17.2. The van der Waals surface area contributed by atoms with Gasteiger partial charge < -0.3 is 15.2 Å². The van der Waals surface area contributed by atoms with Crippen LogP contribution in [0, 0.1) is 0 Å². The van der Waals surface area contributed by atoms with Gasteiger partial charge >= 0.3 is 12.1 Å². The van der Waals surface area contributed by atoms with Crippen molar-refractivity contribution in [3.63, 3.8) is 0 Å². The summed E-state index contributed by atoms with van der Waals surface area (Å²) in [6.45, 7) is 6.71. The Hall–Kier alpha value is -1.79. The molecular weight excluding hydrogens is 344 g/mol. The lowest BCUT2D eigenvalue weighted by molar-refractivity contribution is -0.144. The Morgan fingerprint density at radius 1 is 1.20 bits per heavy atom. The Morgan fingerprint density at radius 3 is 2.24 bits per heavy atom. The van der Waals surface area contributed by atoms with Crippen LogP contribution in [0.2, 0.25) is 0 Å². The summed E-state index contributed by atoms with van der Waals surface area (Å²) in [5.41, 5.74) is 0.260. The lowest BCUT2D eigenvalue weighted by Gasteiger charge is -2.36. The third-order valence-electron chi connectivity index (χ3n) is 3.96. The van der Waals surface area contributed by atoms with Gasteiger partial charge in [0.1, 0.15) is 11.6 Å². The van der Waals surface area contributed by atoms with Crippen molar-refractivity contribution in [2.24, 2.45) is 0 Å². The fraction of sp³-hybridized carbons (Fsp3) is 0.556. The van der Waals surface area contributed by atoms with Crippen molar-refractivity contribution in [1.29, 1.82) is 0 Å². The van der Waals surface area contributed by atoms with Crippen molar-refractivity contribution >= 4 is 24.5 Å².